The predicted molar refractivity (Wildman–Crippen MR) is 141 cm³/mol. The van der Waals surface area contributed by atoms with Gasteiger partial charge < -0.3 is 9.88 Å². The van der Waals surface area contributed by atoms with Crippen LogP contribution in [0.5, 0.6) is 0 Å². The Balaban J connectivity index is 1.30. The van der Waals surface area contributed by atoms with Gasteiger partial charge in [0.25, 0.3) is 5.56 Å². The van der Waals surface area contributed by atoms with E-state index in [0.717, 1.165) is 60.5 Å². The number of aromatic nitrogens is 3. The van der Waals surface area contributed by atoms with Gasteiger partial charge in [-0.3, -0.25) is 14.5 Å². The summed E-state index contributed by atoms with van der Waals surface area (Å²) < 4.78 is 3.30. The van der Waals surface area contributed by atoms with Crippen molar-refractivity contribution in [3.63, 3.8) is 0 Å². The molecule has 0 radical (unpaired) electrons. The number of benzene rings is 2. The van der Waals surface area contributed by atoms with E-state index in [2.05, 4.69) is 41.3 Å². The standard InChI is InChI=1S/C28H33N5O2/c1-3-14-32-25-7-5-4-6-23(25)24-17-29-33(28(35)27(24)32)19-26(34)30-22-10-8-21(9-11-22)18-31-15-12-20(2)13-16-31/h4-11,17,20H,3,12-16,18-19H2,1-2H3,(H,30,34). The molecule has 0 saturated carbocycles. The van der Waals surface area contributed by atoms with E-state index in [0.29, 0.717) is 5.52 Å². The Bertz CT molecular complexity index is 1390. The lowest BCUT2D eigenvalue weighted by Crippen LogP contribution is -2.32. The lowest BCUT2D eigenvalue weighted by Gasteiger charge is -2.30. The lowest BCUT2D eigenvalue weighted by molar-refractivity contribution is -0.117. The third-order valence-corrected chi connectivity index (χ3v) is 7.03. The Labute approximate surface area is 205 Å². The zero-order valence-corrected chi connectivity index (χ0v) is 20.5. The van der Waals surface area contributed by atoms with E-state index in [1.165, 1.54) is 23.1 Å². The van der Waals surface area contributed by atoms with Crippen LogP contribution in [0.2, 0.25) is 0 Å². The average Bonchev–Trinajstić information content (AvgIpc) is 3.18. The normalized spacial score (nSPS) is 15.1. The van der Waals surface area contributed by atoms with Crippen molar-refractivity contribution in [1.82, 2.24) is 19.2 Å². The number of piperidine rings is 1. The number of fused-ring (bicyclic) bond motifs is 3. The Morgan fingerprint density at radius 2 is 1.80 bits per heavy atom. The molecule has 7 heteroatoms. The summed E-state index contributed by atoms with van der Waals surface area (Å²) in [6.45, 7) is 8.24. The molecule has 0 unspecified atom stereocenters. The Kier molecular flexibility index (Phi) is 6.68. The third kappa shape index (κ3) is 4.86. The van der Waals surface area contributed by atoms with Gasteiger partial charge in [0, 0.05) is 35.1 Å². The molecule has 1 aliphatic heterocycles. The van der Waals surface area contributed by atoms with Crippen molar-refractivity contribution in [3.05, 3.63) is 70.6 Å². The first kappa shape index (κ1) is 23.3. The van der Waals surface area contributed by atoms with Gasteiger partial charge in [-0.2, -0.15) is 5.10 Å². The number of carbonyl (C=O) groups is 1. The second-order valence-electron chi connectivity index (χ2n) is 9.74. The molecule has 35 heavy (non-hydrogen) atoms. The quantitative estimate of drug-likeness (QED) is 0.427. The Morgan fingerprint density at radius 1 is 1.06 bits per heavy atom. The molecule has 1 amide bonds. The summed E-state index contributed by atoms with van der Waals surface area (Å²) in [5.41, 5.74) is 3.34. The van der Waals surface area contributed by atoms with Crippen molar-refractivity contribution in [2.75, 3.05) is 18.4 Å². The number of para-hydroxylation sites is 1. The second-order valence-corrected chi connectivity index (χ2v) is 9.74. The van der Waals surface area contributed by atoms with Crippen LogP contribution in [-0.4, -0.2) is 38.2 Å². The predicted octanol–water partition coefficient (Wildman–Crippen LogP) is 4.63. The van der Waals surface area contributed by atoms with Crippen LogP contribution in [0, 0.1) is 5.92 Å². The van der Waals surface area contributed by atoms with E-state index < -0.39 is 0 Å². The van der Waals surface area contributed by atoms with Crippen molar-refractivity contribution in [1.29, 1.82) is 0 Å². The molecule has 1 fully saturated rings. The van der Waals surface area contributed by atoms with E-state index in [4.69, 9.17) is 0 Å². The SMILES string of the molecule is CCCn1c2ccccc2c2cnn(CC(=O)Nc3ccc(CN4CCC(C)CC4)cc3)c(=O)c21. The molecular weight excluding hydrogens is 438 g/mol. The molecule has 182 valence electrons. The van der Waals surface area contributed by atoms with Gasteiger partial charge in [0.05, 0.1) is 6.20 Å². The number of amides is 1. The minimum atomic E-state index is -0.269. The van der Waals surface area contributed by atoms with Gasteiger partial charge in [-0.25, -0.2) is 4.68 Å². The highest BCUT2D eigenvalue weighted by atomic mass is 16.2. The van der Waals surface area contributed by atoms with Crippen LogP contribution in [0.3, 0.4) is 0 Å². The number of aryl methyl sites for hydroxylation is 1. The maximum atomic E-state index is 13.3. The first-order valence-electron chi connectivity index (χ1n) is 12.6. The van der Waals surface area contributed by atoms with Crippen LogP contribution in [0.15, 0.2) is 59.5 Å². The summed E-state index contributed by atoms with van der Waals surface area (Å²) in [5, 5.41) is 9.07. The highest BCUT2D eigenvalue weighted by Crippen LogP contribution is 2.26. The van der Waals surface area contributed by atoms with Crippen molar-refractivity contribution in [2.24, 2.45) is 5.92 Å². The van der Waals surface area contributed by atoms with E-state index in [1.54, 1.807) is 6.20 Å². The number of carbonyl (C=O) groups excluding carboxylic acids is 1. The van der Waals surface area contributed by atoms with Crippen molar-refractivity contribution < 1.29 is 4.79 Å². The molecule has 0 aliphatic carbocycles. The smallest absolute Gasteiger partial charge is 0.291 e. The first-order chi connectivity index (χ1) is 17.0. The van der Waals surface area contributed by atoms with Crippen molar-refractivity contribution in [2.45, 2.75) is 52.7 Å². The summed E-state index contributed by atoms with van der Waals surface area (Å²) in [4.78, 5) is 28.6. The van der Waals surface area contributed by atoms with E-state index in [1.807, 2.05) is 41.0 Å². The minimum Gasteiger partial charge on any atom is -0.336 e. The lowest BCUT2D eigenvalue weighted by atomic mass is 9.99. The summed E-state index contributed by atoms with van der Waals surface area (Å²) in [5.74, 6) is 0.552. The summed E-state index contributed by atoms with van der Waals surface area (Å²) >= 11 is 0. The minimum absolute atomic E-state index is 0.129. The molecule has 4 aromatic rings. The van der Waals surface area contributed by atoms with Gasteiger partial charge >= 0.3 is 0 Å². The molecule has 1 saturated heterocycles. The fraction of sp³-hybridized carbons (Fsp3) is 0.393. The molecule has 3 heterocycles. The third-order valence-electron chi connectivity index (χ3n) is 7.03. The van der Waals surface area contributed by atoms with Crippen molar-refractivity contribution >= 4 is 33.4 Å². The molecule has 0 spiro atoms. The van der Waals surface area contributed by atoms with Crippen LogP contribution < -0.4 is 10.9 Å². The maximum Gasteiger partial charge on any atom is 0.291 e. The maximum absolute atomic E-state index is 13.3. The average molecular weight is 472 g/mol. The van der Waals surface area contributed by atoms with Crippen LogP contribution in [0.1, 0.15) is 38.7 Å². The zero-order valence-electron chi connectivity index (χ0n) is 20.5. The molecule has 0 atom stereocenters. The Morgan fingerprint density at radius 3 is 2.54 bits per heavy atom. The summed E-state index contributed by atoms with van der Waals surface area (Å²) in [7, 11) is 0. The van der Waals surface area contributed by atoms with Gasteiger partial charge in [-0.1, -0.05) is 44.2 Å². The molecule has 1 aliphatic rings. The molecule has 2 aromatic carbocycles. The van der Waals surface area contributed by atoms with Gasteiger partial charge in [0.2, 0.25) is 5.91 Å². The first-order valence-corrected chi connectivity index (χ1v) is 12.6. The fourth-order valence-electron chi connectivity index (χ4n) is 5.07. The number of nitrogens with zero attached hydrogens (tertiary/aromatic N) is 4. The topological polar surface area (TPSA) is 72.2 Å². The van der Waals surface area contributed by atoms with E-state index in [9.17, 15) is 9.59 Å². The summed E-state index contributed by atoms with van der Waals surface area (Å²) in [6, 6.07) is 16.0. The fourth-order valence-corrected chi connectivity index (χ4v) is 5.07. The van der Waals surface area contributed by atoms with Gasteiger partial charge in [0.1, 0.15) is 12.1 Å². The number of anilines is 1. The highest BCUT2D eigenvalue weighted by molar-refractivity contribution is 6.07. The van der Waals surface area contributed by atoms with E-state index in [-0.39, 0.29) is 18.0 Å². The molecular formula is C28H33N5O2. The zero-order chi connectivity index (χ0) is 24.4. The number of hydrogen-bond donors (Lipinski definition) is 1. The number of likely N-dealkylation sites (tertiary alicyclic amines) is 1. The van der Waals surface area contributed by atoms with Gasteiger partial charge in [-0.15, -0.1) is 0 Å². The summed E-state index contributed by atoms with van der Waals surface area (Å²) in [6.07, 6.45) is 5.12. The van der Waals surface area contributed by atoms with E-state index >= 15 is 0 Å². The number of nitrogens with one attached hydrogen (secondary N) is 1. The number of hydrogen-bond acceptors (Lipinski definition) is 4. The molecule has 0 bridgehead atoms. The van der Waals surface area contributed by atoms with Crippen LogP contribution in [0.4, 0.5) is 5.69 Å². The molecule has 5 rings (SSSR count). The monoisotopic (exact) mass is 471 g/mol. The largest absolute Gasteiger partial charge is 0.336 e. The molecule has 2 aromatic heterocycles. The van der Waals surface area contributed by atoms with Crippen LogP contribution in [0.25, 0.3) is 21.8 Å². The van der Waals surface area contributed by atoms with Crippen LogP contribution >= 0.6 is 0 Å². The second kappa shape index (κ2) is 10.0. The Hall–Kier alpha value is -3.45. The van der Waals surface area contributed by atoms with Gasteiger partial charge in [0.15, 0.2) is 0 Å². The van der Waals surface area contributed by atoms with Gasteiger partial charge in [-0.05, 0) is 62.0 Å². The molecule has 7 nitrogen and oxygen atoms in total. The number of rotatable bonds is 7. The highest BCUT2D eigenvalue weighted by Gasteiger charge is 2.17. The van der Waals surface area contributed by atoms with Crippen LogP contribution in [-0.2, 0) is 24.4 Å². The molecule has 1 N–H and O–H groups in total. The van der Waals surface area contributed by atoms with Crippen molar-refractivity contribution in [3.8, 4) is 0 Å².